The second-order valence-corrected chi connectivity index (χ2v) is 4.65. The summed E-state index contributed by atoms with van der Waals surface area (Å²) in [6.45, 7) is 0. The minimum atomic E-state index is -0.318. The Morgan fingerprint density at radius 3 is 3.00 bits per heavy atom. The average molecular weight is 236 g/mol. The van der Waals surface area contributed by atoms with Crippen molar-refractivity contribution in [2.75, 3.05) is 0 Å². The lowest BCUT2D eigenvalue weighted by Gasteiger charge is -2.11. The van der Waals surface area contributed by atoms with Gasteiger partial charge in [-0.25, -0.2) is 4.39 Å². The van der Waals surface area contributed by atoms with Gasteiger partial charge in [0.2, 0.25) is 0 Å². The van der Waals surface area contributed by atoms with E-state index in [2.05, 4.69) is 11.1 Å². The van der Waals surface area contributed by atoms with Crippen LogP contribution < -0.4 is 5.73 Å². The number of hydrogen-bond acceptors (Lipinski definition) is 3. The summed E-state index contributed by atoms with van der Waals surface area (Å²) in [4.78, 5) is 4.99. The van der Waals surface area contributed by atoms with E-state index in [9.17, 15) is 4.39 Å². The van der Waals surface area contributed by atoms with Crippen molar-refractivity contribution in [2.24, 2.45) is 5.73 Å². The van der Waals surface area contributed by atoms with E-state index in [0.29, 0.717) is 5.56 Å². The van der Waals surface area contributed by atoms with Gasteiger partial charge in [-0.2, -0.15) is 0 Å². The van der Waals surface area contributed by atoms with Gasteiger partial charge in [0.1, 0.15) is 5.82 Å². The molecule has 2 heterocycles. The molecule has 1 unspecified atom stereocenters. The first-order valence-corrected chi connectivity index (χ1v) is 6.02. The summed E-state index contributed by atoms with van der Waals surface area (Å²) in [5, 5.41) is 2.04. The van der Waals surface area contributed by atoms with Crippen LogP contribution in [-0.2, 0) is 6.42 Å². The van der Waals surface area contributed by atoms with E-state index in [-0.39, 0.29) is 11.9 Å². The third-order valence-electron chi connectivity index (χ3n) is 2.49. The molecule has 2 aromatic heterocycles. The summed E-state index contributed by atoms with van der Waals surface area (Å²) >= 11 is 1.70. The van der Waals surface area contributed by atoms with Gasteiger partial charge in [0.25, 0.3) is 0 Å². The number of aromatic nitrogens is 1. The fourth-order valence-corrected chi connectivity index (χ4v) is 2.32. The molecule has 1 atom stereocenters. The smallest absolute Gasteiger partial charge is 0.146 e. The van der Waals surface area contributed by atoms with Crippen LogP contribution in [0, 0.1) is 5.82 Å². The zero-order valence-corrected chi connectivity index (χ0v) is 9.58. The SMILES string of the molecule is NC(CCc1cccs1)c1ccncc1F. The van der Waals surface area contributed by atoms with Crippen molar-refractivity contribution >= 4 is 11.3 Å². The molecule has 0 saturated carbocycles. The highest BCUT2D eigenvalue weighted by atomic mass is 32.1. The van der Waals surface area contributed by atoms with Gasteiger partial charge < -0.3 is 5.73 Å². The molecule has 0 aromatic carbocycles. The predicted octanol–water partition coefficient (Wildman–Crippen LogP) is 2.91. The quantitative estimate of drug-likeness (QED) is 0.886. The molecule has 16 heavy (non-hydrogen) atoms. The summed E-state index contributed by atoms with van der Waals surface area (Å²) in [5.74, 6) is -0.318. The van der Waals surface area contributed by atoms with Crippen LogP contribution in [0.2, 0.25) is 0 Å². The monoisotopic (exact) mass is 236 g/mol. The van der Waals surface area contributed by atoms with Crippen LogP contribution in [0.3, 0.4) is 0 Å². The minimum absolute atomic E-state index is 0.259. The third-order valence-corrected chi connectivity index (χ3v) is 3.42. The lowest BCUT2D eigenvalue weighted by molar-refractivity contribution is 0.560. The Hall–Kier alpha value is -1.26. The van der Waals surface area contributed by atoms with E-state index in [4.69, 9.17) is 5.73 Å². The molecule has 0 saturated heterocycles. The highest BCUT2D eigenvalue weighted by molar-refractivity contribution is 7.09. The molecule has 0 spiro atoms. The number of hydrogen-bond donors (Lipinski definition) is 1. The molecule has 2 N–H and O–H groups in total. The maximum atomic E-state index is 13.4. The second kappa shape index (κ2) is 5.18. The zero-order chi connectivity index (χ0) is 11.4. The van der Waals surface area contributed by atoms with Crippen LogP contribution in [0.5, 0.6) is 0 Å². The Labute approximate surface area is 97.9 Å². The van der Waals surface area contributed by atoms with Gasteiger partial charge in [-0.3, -0.25) is 4.98 Å². The number of nitrogens with zero attached hydrogens (tertiary/aromatic N) is 1. The van der Waals surface area contributed by atoms with E-state index in [0.717, 1.165) is 12.8 Å². The average Bonchev–Trinajstić information content (AvgIpc) is 2.79. The van der Waals surface area contributed by atoms with Crippen LogP contribution in [0.1, 0.15) is 22.9 Å². The van der Waals surface area contributed by atoms with Crippen LogP contribution in [0.25, 0.3) is 0 Å². The fourth-order valence-electron chi connectivity index (χ4n) is 1.59. The highest BCUT2D eigenvalue weighted by Crippen LogP contribution is 2.20. The molecule has 4 heteroatoms. The molecule has 0 aliphatic carbocycles. The zero-order valence-electron chi connectivity index (χ0n) is 8.77. The van der Waals surface area contributed by atoms with Gasteiger partial charge >= 0.3 is 0 Å². The van der Waals surface area contributed by atoms with Crippen molar-refractivity contribution in [1.82, 2.24) is 4.98 Å². The molecule has 2 nitrogen and oxygen atoms in total. The maximum absolute atomic E-state index is 13.4. The van der Waals surface area contributed by atoms with Gasteiger partial charge in [0.05, 0.1) is 6.20 Å². The number of pyridine rings is 1. The summed E-state index contributed by atoms with van der Waals surface area (Å²) < 4.78 is 13.4. The minimum Gasteiger partial charge on any atom is -0.324 e. The van der Waals surface area contributed by atoms with E-state index >= 15 is 0 Å². The molecule has 2 aromatic rings. The van der Waals surface area contributed by atoms with Gasteiger partial charge in [-0.1, -0.05) is 6.07 Å². The molecule has 0 bridgehead atoms. The van der Waals surface area contributed by atoms with Crippen molar-refractivity contribution in [3.8, 4) is 0 Å². The van der Waals surface area contributed by atoms with Crippen molar-refractivity contribution in [1.29, 1.82) is 0 Å². The molecule has 0 aliphatic heterocycles. The first-order valence-electron chi connectivity index (χ1n) is 5.15. The number of rotatable bonds is 4. The standard InChI is InChI=1S/C12H13FN2S/c13-11-8-15-6-5-10(11)12(14)4-3-9-2-1-7-16-9/h1-2,5-8,12H,3-4,14H2. The van der Waals surface area contributed by atoms with Crippen molar-refractivity contribution in [3.05, 3.63) is 52.2 Å². The fraction of sp³-hybridized carbons (Fsp3) is 0.250. The Morgan fingerprint density at radius 2 is 2.31 bits per heavy atom. The maximum Gasteiger partial charge on any atom is 0.146 e. The number of thiophene rings is 1. The van der Waals surface area contributed by atoms with Crippen LogP contribution in [0.4, 0.5) is 4.39 Å². The van der Waals surface area contributed by atoms with Gasteiger partial charge in [-0.05, 0) is 30.4 Å². The Morgan fingerprint density at radius 1 is 1.44 bits per heavy atom. The molecule has 84 valence electrons. The molecule has 0 aliphatic rings. The van der Waals surface area contributed by atoms with E-state index in [1.165, 1.54) is 11.1 Å². The van der Waals surface area contributed by atoms with Crippen molar-refractivity contribution in [3.63, 3.8) is 0 Å². The molecular weight excluding hydrogens is 223 g/mol. The summed E-state index contributed by atoms with van der Waals surface area (Å²) in [7, 11) is 0. The Bertz CT molecular complexity index is 442. The Balaban J connectivity index is 1.98. The first-order chi connectivity index (χ1) is 7.77. The molecular formula is C12H13FN2S. The first kappa shape index (κ1) is 11.2. The van der Waals surface area contributed by atoms with Gasteiger partial charge in [-0.15, -0.1) is 11.3 Å². The van der Waals surface area contributed by atoms with Crippen molar-refractivity contribution < 1.29 is 4.39 Å². The van der Waals surface area contributed by atoms with Crippen LogP contribution >= 0.6 is 11.3 Å². The lowest BCUT2D eigenvalue weighted by atomic mass is 10.0. The second-order valence-electron chi connectivity index (χ2n) is 3.62. The number of halogens is 1. The highest BCUT2D eigenvalue weighted by Gasteiger charge is 2.11. The van der Waals surface area contributed by atoms with Crippen LogP contribution in [0.15, 0.2) is 36.0 Å². The largest absolute Gasteiger partial charge is 0.324 e. The van der Waals surface area contributed by atoms with Crippen molar-refractivity contribution in [2.45, 2.75) is 18.9 Å². The van der Waals surface area contributed by atoms with E-state index < -0.39 is 0 Å². The predicted molar refractivity (Wildman–Crippen MR) is 63.8 cm³/mol. The van der Waals surface area contributed by atoms with Gasteiger partial charge in [0.15, 0.2) is 0 Å². The van der Waals surface area contributed by atoms with Gasteiger partial charge in [0, 0.05) is 22.7 Å². The van der Waals surface area contributed by atoms with E-state index in [1.54, 1.807) is 23.6 Å². The number of aryl methyl sites for hydroxylation is 1. The Kier molecular flexibility index (Phi) is 3.64. The topological polar surface area (TPSA) is 38.9 Å². The molecule has 0 amide bonds. The molecule has 0 fully saturated rings. The molecule has 2 rings (SSSR count). The molecule has 0 radical (unpaired) electrons. The number of nitrogens with two attached hydrogens (primary N) is 1. The normalized spacial score (nSPS) is 12.6. The lowest BCUT2D eigenvalue weighted by Crippen LogP contribution is -2.13. The van der Waals surface area contributed by atoms with E-state index in [1.807, 2.05) is 11.4 Å². The summed E-state index contributed by atoms with van der Waals surface area (Å²) in [6.07, 6.45) is 4.42. The van der Waals surface area contributed by atoms with Crippen LogP contribution in [-0.4, -0.2) is 4.98 Å². The summed E-state index contributed by atoms with van der Waals surface area (Å²) in [5.41, 5.74) is 6.50. The summed E-state index contributed by atoms with van der Waals surface area (Å²) in [6, 6.07) is 5.47. The third kappa shape index (κ3) is 2.65.